The Bertz CT molecular complexity index is 1090. The Balaban J connectivity index is 2.13. The lowest BCUT2D eigenvalue weighted by Crippen LogP contribution is -2.28. The number of carbonyl (C=O) groups excluding carboxylic acids is 2. The summed E-state index contributed by atoms with van der Waals surface area (Å²) in [5, 5.41) is 22.6. The number of nitrogens with zero attached hydrogens (tertiary/aromatic N) is 2. The molecule has 0 amide bonds. The maximum Gasteiger partial charge on any atom is 0.342 e. The lowest BCUT2D eigenvalue weighted by Gasteiger charge is -2.20. The normalized spacial score (nSPS) is 13.7. The van der Waals surface area contributed by atoms with Gasteiger partial charge in [-0.15, -0.1) is 0 Å². The fourth-order valence-corrected chi connectivity index (χ4v) is 4.48. The van der Waals surface area contributed by atoms with Crippen LogP contribution in [0.3, 0.4) is 0 Å². The number of carbonyl (C=O) groups is 2. The van der Waals surface area contributed by atoms with Crippen LogP contribution in [0.4, 0.5) is 5.69 Å². The Hall–Kier alpha value is -3.46. The van der Waals surface area contributed by atoms with Crippen molar-refractivity contribution in [3.63, 3.8) is 0 Å². The van der Waals surface area contributed by atoms with Crippen molar-refractivity contribution in [2.24, 2.45) is 0 Å². The number of phenols is 1. The Kier molecular flexibility index (Phi) is 8.81. The number of esters is 2. The number of aryl methyl sites for hydroxylation is 1. The van der Waals surface area contributed by atoms with Gasteiger partial charge in [-0.2, -0.15) is 0 Å². The van der Waals surface area contributed by atoms with Gasteiger partial charge in [0, 0.05) is 18.2 Å². The van der Waals surface area contributed by atoms with Crippen molar-refractivity contribution in [3.8, 4) is 16.9 Å². The van der Waals surface area contributed by atoms with Crippen LogP contribution in [0.5, 0.6) is 5.75 Å². The Morgan fingerprint density at radius 2 is 1.77 bits per heavy atom. The van der Waals surface area contributed by atoms with Crippen molar-refractivity contribution in [3.05, 3.63) is 57.1 Å². The largest absolute Gasteiger partial charge is 0.507 e. The number of aromatic hydroxyl groups is 1. The molecule has 9 heteroatoms. The highest BCUT2D eigenvalue weighted by atomic mass is 16.6. The Morgan fingerprint density at radius 1 is 1.11 bits per heavy atom. The minimum absolute atomic E-state index is 0.0136. The first-order chi connectivity index (χ1) is 16.8. The second-order valence-electron chi connectivity index (χ2n) is 8.59. The summed E-state index contributed by atoms with van der Waals surface area (Å²) in [4.78, 5) is 39.8. The molecule has 0 radical (unpaired) electrons. The third kappa shape index (κ3) is 5.97. The van der Waals surface area contributed by atoms with Crippen molar-refractivity contribution in [2.45, 2.75) is 52.6 Å². The molecule has 0 atom stereocenters. The summed E-state index contributed by atoms with van der Waals surface area (Å²) in [7, 11) is 0. The van der Waals surface area contributed by atoms with Crippen LogP contribution in [0.15, 0.2) is 30.3 Å². The average Bonchev–Trinajstić information content (AvgIpc) is 3.34. The van der Waals surface area contributed by atoms with Gasteiger partial charge in [-0.3, -0.25) is 10.1 Å². The maximum atomic E-state index is 13.3. The van der Waals surface area contributed by atoms with Crippen LogP contribution < -0.4 is 0 Å². The van der Waals surface area contributed by atoms with Crippen molar-refractivity contribution in [2.75, 3.05) is 26.2 Å². The zero-order chi connectivity index (χ0) is 25.5. The standard InChI is InChI=1S/C26H32N2O7/c1-4-27(5-2)14-15-34-25(30)24-21(29)16-17(3)22(26(31)35-18-10-6-7-11-18)23(24)19-12-8-9-13-20(19)28(32)33/h8-9,12-13,16,18,29H,4-7,10-11,14-15H2,1-3H3. The van der Waals surface area contributed by atoms with Crippen LogP contribution in [0.1, 0.15) is 65.8 Å². The first-order valence-electron chi connectivity index (χ1n) is 12.0. The van der Waals surface area contributed by atoms with E-state index in [0.29, 0.717) is 12.1 Å². The summed E-state index contributed by atoms with van der Waals surface area (Å²) in [5.74, 6) is -1.96. The van der Waals surface area contributed by atoms with Crippen LogP contribution in [-0.4, -0.2) is 59.2 Å². The molecule has 3 rings (SSSR count). The zero-order valence-electron chi connectivity index (χ0n) is 20.4. The van der Waals surface area contributed by atoms with E-state index in [4.69, 9.17) is 9.47 Å². The van der Waals surface area contributed by atoms with Crippen molar-refractivity contribution in [1.29, 1.82) is 0 Å². The van der Waals surface area contributed by atoms with E-state index in [1.54, 1.807) is 13.0 Å². The van der Waals surface area contributed by atoms with E-state index < -0.39 is 22.6 Å². The van der Waals surface area contributed by atoms with Gasteiger partial charge in [0.2, 0.25) is 0 Å². The quantitative estimate of drug-likeness (QED) is 0.288. The SMILES string of the molecule is CCN(CC)CCOC(=O)c1c(O)cc(C)c(C(=O)OC2CCCC2)c1-c1ccccc1[N+](=O)[O-]. The van der Waals surface area contributed by atoms with Gasteiger partial charge >= 0.3 is 11.9 Å². The molecule has 9 nitrogen and oxygen atoms in total. The lowest BCUT2D eigenvalue weighted by atomic mass is 9.89. The summed E-state index contributed by atoms with van der Waals surface area (Å²) in [6.45, 7) is 7.69. The number of hydrogen-bond donors (Lipinski definition) is 1. The van der Waals surface area contributed by atoms with E-state index in [0.717, 1.165) is 38.8 Å². The van der Waals surface area contributed by atoms with Gasteiger partial charge in [0.05, 0.1) is 16.1 Å². The molecule has 0 heterocycles. The Labute approximate surface area is 204 Å². The second-order valence-corrected chi connectivity index (χ2v) is 8.59. The van der Waals surface area contributed by atoms with Crippen LogP contribution in [0.2, 0.25) is 0 Å². The molecule has 1 N–H and O–H groups in total. The molecule has 1 aliphatic rings. The summed E-state index contributed by atoms with van der Waals surface area (Å²) >= 11 is 0. The molecule has 2 aromatic carbocycles. The van der Waals surface area contributed by atoms with Gasteiger partial charge in [-0.1, -0.05) is 26.0 Å². The van der Waals surface area contributed by atoms with E-state index in [9.17, 15) is 24.8 Å². The van der Waals surface area contributed by atoms with Gasteiger partial charge in [-0.05, 0) is 63.4 Å². The molecule has 2 aromatic rings. The number of rotatable bonds is 10. The van der Waals surface area contributed by atoms with Crippen molar-refractivity contribution < 1.29 is 29.1 Å². The number of likely N-dealkylation sites (N-methyl/N-ethyl adjacent to an activating group) is 1. The highest BCUT2D eigenvalue weighted by Crippen LogP contribution is 2.41. The number of ether oxygens (including phenoxy) is 2. The minimum atomic E-state index is -0.863. The van der Waals surface area contributed by atoms with Gasteiger partial charge in [0.25, 0.3) is 5.69 Å². The molecule has 0 aromatic heterocycles. The van der Waals surface area contributed by atoms with Crippen LogP contribution in [0, 0.1) is 17.0 Å². The predicted molar refractivity (Wildman–Crippen MR) is 131 cm³/mol. The number of nitro groups is 1. The topological polar surface area (TPSA) is 119 Å². The summed E-state index contributed by atoms with van der Waals surface area (Å²) in [5.41, 5.74) is -0.248. The molecule has 0 unspecified atom stereocenters. The Morgan fingerprint density at radius 3 is 2.40 bits per heavy atom. The molecular formula is C26H32N2O7. The van der Waals surface area contributed by atoms with Crippen molar-refractivity contribution in [1.82, 2.24) is 4.90 Å². The van der Waals surface area contributed by atoms with Gasteiger partial charge in [0.15, 0.2) is 0 Å². The van der Waals surface area contributed by atoms with E-state index in [1.807, 2.05) is 13.8 Å². The first-order valence-corrected chi connectivity index (χ1v) is 12.0. The van der Waals surface area contributed by atoms with Gasteiger partial charge in [0.1, 0.15) is 24.0 Å². The third-order valence-corrected chi connectivity index (χ3v) is 6.39. The van der Waals surface area contributed by atoms with Crippen LogP contribution in [-0.2, 0) is 9.47 Å². The predicted octanol–water partition coefficient (Wildman–Crippen LogP) is 4.87. The molecule has 1 fully saturated rings. The molecule has 0 bridgehead atoms. The zero-order valence-corrected chi connectivity index (χ0v) is 20.4. The molecule has 1 aliphatic carbocycles. The van der Waals surface area contributed by atoms with Crippen LogP contribution >= 0.6 is 0 Å². The van der Waals surface area contributed by atoms with E-state index in [2.05, 4.69) is 4.90 Å². The number of benzene rings is 2. The molecule has 35 heavy (non-hydrogen) atoms. The van der Waals surface area contributed by atoms with Crippen LogP contribution in [0.25, 0.3) is 11.1 Å². The number of phenolic OH excluding ortho intramolecular Hbond substituents is 1. The number of para-hydroxylation sites is 1. The van der Waals surface area contributed by atoms with Gasteiger partial charge in [-0.25, -0.2) is 9.59 Å². The minimum Gasteiger partial charge on any atom is -0.507 e. The first kappa shape index (κ1) is 26.2. The van der Waals surface area contributed by atoms with E-state index in [1.165, 1.54) is 24.3 Å². The fraction of sp³-hybridized carbons (Fsp3) is 0.462. The number of hydrogen-bond acceptors (Lipinski definition) is 8. The molecule has 188 valence electrons. The smallest absolute Gasteiger partial charge is 0.342 e. The number of nitro benzene ring substituents is 1. The van der Waals surface area contributed by atoms with E-state index in [-0.39, 0.29) is 40.7 Å². The monoisotopic (exact) mass is 484 g/mol. The van der Waals surface area contributed by atoms with Crippen molar-refractivity contribution >= 4 is 17.6 Å². The van der Waals surface area contributed by atoms with Gasteiger partial charge < -0.3 is 19.5 Å². The summed E-state index contributed by atoms with van der Waals surface area (Å²) in [6, 6.07) is 7.10. The molecule has 1 saturated carbocycles. The third-order valence-electron chi connectivity index (χ3n) is 6.39. The average molecular weight is 485 g/mol. The lowest BCUT2D eigenvalue weighted by molar-refractivity contribution is -0.384. The van der Waals surface area contributed by atoms with E-state index >= 15 is 0 Å². The molecule has 0 spiro atoms. The highest BCUT2D eigenvalue weighted by Gasteiger charge is 2.32. The summed E-state index contributed by atoms with van der Waals surface area (Å²) in [6.07, 6.45) is 3.13. The second kappa shape index (κ2) is 11.8. The molecule has 0 saturated heterocycles. The molecule has 0 aliphatic heterocycles. The maximum absolute atomic E-state index is 13.3. The fourth-order valence-electron chi connectivity index (χ4n) is 4.48. The summed E-state index contributed by atoms with van der Waals surface area (Å²) < 4.78 is 11.2. The highest BCUT2D eigenvalue weighted by molar-refractivity contribution is 6.09. The molecular weight excluding hydrogens is 452 g/mol.